The Morgan fingerprint density at radius 3 is 2.49 bits per heavy atom. The lowest BCUT2D eigenvalue weighted by Gasteiger charge is -2.18. The number of hydrogen-bond donors (Lipinski definition) is 1. The number of para-hydroxylation sites is 1. The van der Waals surface area contributed by atoms with E-state index in [2.05, 4.69) is 5.32 Å². The molecule has 1 heterocycles. The minimum Gasteiger partial charge on any atom is -0.497 e. The van der Waals surface area contributed by atoms with Crippen LogP contribution in [0.1, 0.15) is 5.56 Å². The minimum absolute atomic E-state index is 0.164. The van der Waals surface area contributed by atoms with Crippen LogP contribution < -0.4 is 15.0 Å². The van der Waals surface area contributed by atoms with Crippen LogP contribution in [0, 0.1) is 11.3 Å². The van der Waals surface area contributed by atoms with Gasteiger partial charge in [0.05, 0.1) is 12.4 Å². The highest BCUT2D eigenvalue weighted by Gasteiger charge is 2.41. The van der Waals surface area contributed by atoms with E-state index in [1.807, 2.05) is 12.1 Å². The number of anilines is 2. The smallest absolute Gasteiger partial charge is 0.269 e. The Labute approximate surface area is 217 Å². The molecule has 0 radical (unpaired) electrons. The monoisotopic (exact) mass is 523 g/mol. The quantitative estimate of drug-likeness (QED) is 0.313. The lowest BCUT2D eigenvalue weighted by molar-refractivity contribution is -0.117. The molecule has 9 heteroatoms. The number of nitrogens with one attached hydrogen (secondary N) is 1. The molecule has 0 saturated carbocycles. The third kappa shape index (κ3) is 5.46. The maximum Gasteiger partial charge on any atom is 0.269 e. The van der Waals surface area contributed by atoms with Gasteiger partial charge in [0.25, 0.3) is 5.91 Å². The average Bonchev–Trinajstić information content (AvgIpc) is 3.18. The highest BCUT2D eigenvalue weighted by molar-refractivity contribution is 8.05. The first-order valence-corrected chi connectivity index (χ1v) is 12.1. The van der Waals surface area contributed by atoms with Crippen molar-refractivity contribution in [3.8, 4) is 11.8 Å². The molecule has 0 aliphatic carbocycles. The molecule has 176 valence electrons. The number of rotatable bonds is 6. The fourth-order valence-electron chi connectivity index (χ4n) is 3.57. The molecule has 1 aliphatic rings. The standard InChI is InChI=1S/C26H19Cl2N3O3S/c1-34-20-10-8-18(9-11-20)30-24(32)21(15-29)26-31(19-5-3-2-4-6-19)25(33)23(35-26)14-16-13-17(27)7-12-22(16)28/h2-13,23H,14H2,1H3,(H,30,32)/b26-21-/t23-/m1/s1. The first-order chi connectivity index (χ1) is 16.9. The average molecular weight is 524 g/mol. The third-order valence-corrected chi connectivity index (χ3v) is 7.15. The van der Waals surface area contributed by atoms with Gasteiger partial charge >= 0.3 is 0 Å². The second-order valence-electron chi connectivity index (χ2n) is 7.53. The van der Waals surface area contributed by atoms with Crippen LogP contribution in [-0.4, -0.2) is 24.2 Å². The van der Waals surface area contributed by atoms with Gasteiger partial charge in [0.2, 0.25) is 5.91 Å². The SMILES string of the molecule is COc1ccc(NC(=O)/C(C#N)=C2\S[C@H](Cc3cc(Cl)ccc3Cl)C(=O)N2c2ccccc2)cc1. The summed E-state index contributed by atoms with van der Waals surface area (Å²) in [6.45, 7) is 0. The van der Waals surface area contributed by atoms with Crippen LogP contribution in [0.15, 0.2) is 83.4 Å². The van der Waals surface area contributed by atoms with E-state index < -0.39 is 11.2 Å². The van der Waals surface area contributed by atoms with E-state index in [4.69, 9.17) is 27.9 Å². The van der Waals surface area contributed by atoms with Crippen molar-refractivity contribution >= 4 is 58.2 Å². The van der Waals surface area contributed by atoms with Crippen molar-refractivity contribution in [3.63, 3.8) is 0 Å². The number of carbonyl (C=O) groups is 2. The number of nitriles is 1. The van der Waals surface area contributed by atoms with Gasteiger partial charge in [-0.05, 0) is 66.6 Å². The number of ether oxygens (including phenoxy) is 1. The Hall–Kier alpha value is -3.44. The highest BCUT2D eigenvalue weighted by atomic mass is 35.5. The summed E-state index contributed by atoms with van der Waals surface area (Å²) in [6, 6.07) is 22.7. The van der Waals surface area contributed by atoms with Crippen molar-refractivity contribution in [2.24, 2.45) is 0 Å². The van der Waals surface area contributed by atoms with E-state index in [1.165, 1.54) is 4.90 Å². The van der Waals surface area contributed by atoms with E-state index in [0.717, 1.165) is 11.8 Å². The molecule has 35 heavy (non-hydrogen) atoms. The number of hydrogen-bond acceptors (Lipinski definition) is 5. The van der Waals surface area contributed by atoms with Crippen molar-refractivity contribution < 1.29 is 14.3 Å². The van der Waals surface area contributed by atoms with Crippen LogP contribution in [0.25, 0.3) is 0 Å². The fraction of sp³-hybridized carbons (Fsp3) is 0.115. The summed E-state index contributed by atoms with van der Waals surface area (Å²) in [5.74, 6) is -0.232. The number of methoxy groups -OCH3 is 1. The summed E-state index contributed by atoms with van der Waals surface area (Å²) in [7, 11) is 1.55. The van der Waals surface area contributed by atoms with Crippen LogP contribution >= 0.6 is 35.0 Å². The summed E-state index contributed by atoms with van der Waals surface area (Å²) in [4.78, 5) is 28.1. The summed E-state index contributed by atoms with van der Waals surface area (Å²) in [6.07, 6.45) is 0.286. The van der Waals surface area contributed by atoms with Crippen molar-refractivity contribution in [2.75, 3.05) is 17.3 Å². The summed E-state index contributed by atoms with van der Waals surface area (Å²) in [5.41, 5.74) is 1.60. The molecule has 1 fully saturated rings. The van der Waals surface area contributed by atoms with E-state index >= 15 is 0 Å². The summed E-state index contributed by atoms with van der Waals surface area (Å²) >= 11 is 13.6. The number of amides is 2. The largest absolute Gasteiger partial charge is 0.497 e. The number of halogens is 2. The van der Waals surface area contributed by atoms with Gasteiger partial charge in [-0.15, -0.1) is 0 Å². The topological polar surface area (TPSA) is 82.4 Å². The van der Waals surface area contributed by atoms with Gasteiger partial charge in [0, 0.05) is 21.4 Å². The predicted octanol–water partition coefficient (Wildman–Crippen LogP) is 6.07. The number of thioether (sulfide) groups is 1. The molecule has 2 amide bonds. The van der Waals surface area contributed by atoms with Gasteiger partial charge in [-0.3, -0.25) is 14.5 Å². The highest BCUT2D eigenvalue weighted by Crippen LogP contribution is 2.42. The van der Waals surface area contributed by atoms with Crippen LogP contribution in [0.5, 0.6) is 5.75 Å². The number of nitrogens with zero attached hydrogens (tertiary/aromatic N) is 2. The predicted molar refractivity (Wildman–Crippen MR) is 140 cm³/mol. The summed E-state index contributed by atoms with van der Waals surface area (Å²) in [5, 5.41) is 13.3. The molecule has 6 nitrogen and oxygen atoms in total. The molecule has 0 aromatic heterocycles. The normalized spacial score (nSPS) is 16.6. The lowest BCUT2D eigenvalue weighted by Crippen LogP contribution is -2.30. The molecular weight excluding hydrogens is 505 g/mol. The molecule has 4 rings (SSSR count). The molecular formula is C26H19Cl2N3O3S. The van der Waals surface area contributed by atoms with Crippen LogP contribution in [0.2, 0.25) is 10.0 Å². The molecule has 1 atom stereocenters. The maximum absolute atomic E-state index is 13.5. The zero-order chi connectivity index (χ0) is 24.9. The van der Waals surface area contributed by atoms with Crippen LogP contribution in [-0.2, 0) is 16.0 Å². The maximum atomic E-state index is 13.5. The molecule has 0 unspecified atom stereocenters. The Morgan fingerprint density at radius 2 is 1.83 bits per heavy atom. The zero-order valence-corrected chi connectivity index (χ0v) is 20.8. The van der Waals surface area contributed by atoms with Crippen molar-refractivity contribution in [1.29, 1.82) is 5.26 Å². The van der Waals surface area contributed by atoms with E-state index in [-0.39, 0.29) is 22.9 Å². The summed E-state index contributed by atoms with van der Waals surface area (Å²) < 4.78 is 5.14. The van der Waals surface area contributed by atoms with Crippen molar-refractivity contribution in [2.45, 2.75) is 11.7 Å². The number of benzene rings is 3. The van der Waals surface area contributed by atoms with Crippen molar-refractivity contribution in [1.82, 2.24) is 0 Å². The fourth-order valence-corrected chi connectivity index (χ4v) is 5.25. The van der Waals surface area contributed by atoms with Crippen LogP contribution in [0.3, 0.4) is 0 Å². The lowest BCUT2D eigenvalue weighted by atomic mass is 10.1. The molecule has 1 saturated heterocycles. The van der Waals surface area contributed by atoms with Gasteiger partial charge in [0.1, 0.15) is 22.4 Å². The van der Waals surface area contributed by atoms with Gasteiger partial charge in [-0.1, -0.05) is 53.2 Å². The first-order valence-electron chi connectivity index (χ1n) is 10.5. The Balaban J connectivity index is 1.70. The van der Waals surface area contributed by atoms with E-state index in [9.17, 15) is 14.9 Å². The second kappa shape index (κ2) is 10.9. The van der Waals surface area contributed by atoms with Crippen molar-refractivity contribution in [3.05, 3.63) is 99.0 Å². The minimum atomic E-state index is -0.615. The van der Waals surface area contributed by atoms with Gasteiger partial charge in [0.15, 0.2) is 0 Å². The third-order valence-electron chi connectivity index (χ3n) is 5.28. The Morgan fingerprint density at radius 1 is 1.11 bits per heavy atom. The molecule has 3 aromatic carbocycles. The second-order valence-corrected chi connectivity index (χ2v) is 9.57. The van der Waals surface area contributed by atoms with Gasteiger partial charge in [-0.25, -0.2) is 0 Å². The molecule has 0 spiro atoms. The van der Waals surface area contributed by atoms with E-state index in [0.29, 0.717) is 32.7 Å². The molecule has 1 aliphatic heterocycles. The zero-order valence-electron chi connectivity index (χ0n) is 18.5. The Kier molecular flexibility index (Phi) is 7.67. The van der Waals surface area contributed by atoms with E-state index in [1.54, 1.807) is 73.8 Å². The molecule has 1 N–H and O–H groups in total. The molecule has 0 bridgehead atoms. The van der Waals surface area contributed by atoms with Gasteiger partial charge in [-0.2, -0.15) is 5.26 Å². The number of carbonyl (C=O) groups excluding carboxylic acids is 2. The van der Waals surface area contributed by atoms with Gasteiger partial charge < -0.3 is 10.1 Å². The van der Waals surface area contributed by atoms with Crippen LogP contribution in [0.4, 0.5) is 11.4 Å². The first kappa shape index (κ1) is 24.7. The Bertz CT molecular complexity index is 1340. The molecule has 3 aromatic rings.